The Hall–Kier alpha value is -1.89. The molecule has 0 saturated carbocycles. The smallest absolute Gasteiger partial charge is 0.336 e. The topological polar surface area (TPSA) is 100 Å². The summed E-state index contributed by atoms with van der Waals surface area (Å²) >= 11 is 0. The first-order chi connectivity index (χ1) is 10.8. The van der Waals surface area contributed by atoms with Gasteiger partial charge in [0.2, 0.25) is 0 Å². The normalized spacial score (nSPS) is 16.8. The number of rotatable bonds is 6. The SMILES string of the molecule is CCC(O)[C@H](O)C(O)[C@@H](C)Oc1ccc2c(C)cc(=O)oc2c1. The maximum atomic E-state index is 11.4. The molecule has 23 heavy (non-hydrogen) atoms. The Labute approximate surface area is 133 Å². The molecule has 0 radical (unpaired) electrons. The molecule has 3 N–H and O–H groups in total. The minimum Gasteiger partial charge on any atom is -0.488 e. The van der Waals surface area contributed by atoms with E-state index in [1.165, 1.54) is 6.07 Å². The van der Waals surface area contributed by atoms with Gasteiger partial charge in [0.1, 0.15) is 29.6 Å². The van der Waals surface area contributed by atoms with E-state index in [0.29, 0.717) is 17.8 Å². The van der Waals surface area contributed by atoms with E-state index < -0.39 is 30.0 Å². The molecule has 0 aliphatic carbocycles. The Morgan fingerprint density at radius 3 is 2.52 bits per heavy atom. The summed E-state index contributed by atoms with van der Waals surface area (Å²) in [4.78, 5) is 11.4. The Morgan fingerprint density at radius 1 is 1.17 bits per heavy atom. The van der Waals surface area contributed by atoms with Crippen LogP contribution < -0.4 is 10.4 Å². The van der Waals surface area contributed by atoms with E-state index in [1.807, 2.05) is 6.92 Å². The fraction of sp³-hybridized carbons (Fsp3) is 0.471. The average Bonchev–Trinajstić information content (AvgIpc) is 2.51. The maximum Gasteiger partial charge on any atom is 0.336 e. The molecule has 1 aromatic heterocycles. The Kier molecular flexibility index (Phi) is 5.41. The molecule has 1 aromatic carbocycles. The predicted molar refractivity (Wildman–Crippen MR) is 85.6 cm³/mol. The number of aryl methyl sites for hydroxylation is 1. The number of benzene rings is 1. The monoisotopic (exact) mass is 322 g/mol. The summed E-state index contributed by atoms with van der Waals surface area (Å²) in [5, 5.41) is 30.3. The van der Waals surface area contributed by atoms with Gasteiger partial charge in [0.25, 0.3) is 0 Å². The van der Waals surface area contributed by atoms with Crippen LogP contribution >= 0.6 is 0 Å². The number of fused-ring (bicyclic) bond motifs is 1. The van der Waals surface area contributed by atoms with Crippen molar-refractivity contribution in [2.24, 2.45) is 0 Å². The lowest BCUT2D eigenvalue weighted by atomic mass is 10.0. The molecule has 4 atom stereocenters. The number of ether oxygens (including phenoxy) is 1. The van der Waals surface area contributed by atoms with E-state index in [4.69, 9.17) is 9.15 Å². The first-order valence-corrected chi connectivity index (χ1v) is 7.58. The lowest BCUT2D eigenvalue weighted by Gasteiger charge is -2.27. The summed E-state index contributed by atoms with van der Waals surface area (Å²) < 4.78 is 10.7. The van der Waals surface area contributed by atoms with Crippen molar-refractivity contribution in [3.63, 3.8) is 0 Å². The molecule has 2 unspecified atom stereocenters. The van der Waals surface area contributed by atoms with Gasteiger partial charge in [-0.15, -0.1) is 0 Å². The third-order valence-electron chi connectivity index (χ3n) is 3.89. The Bertz CT molecular complexity index is 723. The third kappa shape index (κ3) is 3.90. The van der Waals surface area contributed by atoms with E-state index >= 15 is 0 Å². The first-order valence-electron chi connectivity index (χ1n) is 7.58. The fourth-order valence-corrected chi connectivity index (χ4v) is 2.41. The molecule has 6 heteroatoms. The zero-order valence-electron chi connectivity index (χ0n) is 13.4. The van der Waals surface area contributed by atoms with Crippen LogP contribution in [0.3, 0.4) is 0 Å². The quantitative estimate of drug-likeness (QED) is 0.694. The van der Waals surface area contributed by atoms with Gasteiger partial charge in [0.15, 0.2) is 0 Å². The van der Waals surface area contributed by atoms with Crippen LogP contribution in [0.5, 0.6) is 5.75 Å². The lowest BCUT2D eigenvalue weighted by molar-refractivity contribution is -0.0943. The van der Waals surface area contributed by atoms with Crippen LogP contribution in [0.2, 0.25) is 0 Å². The molecule has 2 aromatic rings. The zero-order valence-corrected chi connectivity index (χ0v) is 13.4. The van der Waals surface area contributed by atoms with Gasteiger partial charge in [0.05, 0.1) is 6.10 Å². The minimum atomic E-state index is -1.30. The molecule has 0 amide bonds. The molecule has 1 heterocycles. The number of hydrogen-bond acceptors (Lipinski definition) is 6. The Morgan fingerprint density at radius 2 is 1.87 bits per heavy atom. The highest BCUT2D eigenvalue weighted by Crippen LogP contribution is 2.24. The number of aliphatic hydroxyl groups is 3. The largest absolute Gasteiger partial charge is 0.488 e. The molecule has 0 fully saturated rings. The molecule has 126 valence electrons. The van der Waals surface area contributed by atoms with E-state index in [1.54, 1.807) is 32.0 Å². The third-order valence-corrected chi connectivity index (χ3v) is 3.89. The molecule has 0 aliphatic heterocycles. The molecule has 2 rings (SSSR count). The van der Waals surface area contributed by atoms with Gasteiger partial charge in [-0.1, -0.05) is 6.92 Å². The standard InChI is InChI=1S/C17H22O6/c1-4-13(18)17(21)16(20)10(3)22-11-5-6-12-9(2)7-15(19)23-14(12)8-11/h5-8,10,13,16-18,20-21H,4H2,1-3H3/t10-,13?,16?,17+/m1/s1. The van der Waals surface area contributed by atoms with Crippen molar-refractivity contribution in [1.29, 1.82) is 0 Å². The van der Waals surface area contributed by atoms with Crippen molar-refractivity contribution in [2.45, 2.75) is 51.6 Å². The van der Waals surface area contributed by atoms with Crippen molar-refractivity contribution >= 4 is 11.0 Å². The molecule has 6 nitrogen and oxygen atoms in total. The van der Waals surface area contributed by atoms with E-state index in [-0.39, 0.29) is 0 Å². The van der Waals surface area contributed by atoms with Crippen molar-refractivity contribution in [3.05, 3.63) is 40.2 Å². The van der Waals surface area contributed by atoms with Crippen LogP contribution in [0, 0.1) is 6.92 Å². The molecular formula is C17H22O6. The van der Waals surface area contributed by atoms with E-state index in [2.05, 4.69) is 0 Å². The summed E-state index contributed by atoms with van der Waals surface area (Å²) in [6.07, 6.45) is -3.99. The average molecular weight is 322 g/mol. The van der Waals surface area contributed by atoms with Crippen LogP contribution in [0.1, 0.15) is 25.8 Å². The Balaban J connectivity index is 2.19. The highest BCUT2D eigenvalue weighted by atomic mass is 16.5. The number of aliphatic hydroxyl groups excluding tert-OH is 3. The van der Waals surface area contributed by atoms with Crippen LogP contribution in [0.15, 0.2) is 33.5 Å². The van der Waals surface area contributed by atoms with Gasteiger partial charge < -0.3 is 24.5 Å². The molecule has 0 spiro atoms. The summed E-state index contributed by atoms with van der Waals surface area (Å²) in [6.45, 7) is 5.11. The van der Waals surface area contributed by atoms with Crippen molar-refractivity contribution in [2.75, 3.05) is 0 Å². The lowest BCUT2D eigenvalue weighted by Crippen LogP contribution is -2.45. The summed E-state index contributed by atoms with van der Waals surface area (Å²) in [5.74, 6) is 0.399. The van der Waals surface area contributed by atoms with Gasteiger partial charge in [-0.25, -0.2) is 4.79 Å². The van der Waals surface area contributed by atoms with Crippen LogP contribution in [-0.2, 0) is 0 Å². The van der Waals surface area contributed by atoms with Crippen LogP contribution in [0.25, 0.3) is 11.0 Å². The van der Waals surface area contributed by atoms with Crippen molar-refractivity contribution in [1.82, 2.24) is 0 Å². The summed E-state index contributed by atoms with van der Waals surface area (Å²) in [5.41, 5.74) is 0.752. The maximum absolute atomic E-state index is 11.4. The highest BCUT2D eigenvalue weighted by molar-refractivity contribution is 5.81. The second kappa shape index (κ2) is 7.12. The summed E-state index contributed by atoms with van der Waals surface area (Å²) in [6, 6.07) is 6.44. The highest BCUT2D eigenvalue weighted by Gasteiger charge is 2.29. The zero-order chi connectivity index (χ0) is 17.1. The van der Waals surface area contributed by atoms with E-state index in [9.17, 15) is 20.1 Å². The second-order valence-electron chi connectivity index (χ2n) is 5.69. The van der Waals surface area contributed by atoms with Gasteiger partial charge >= 0.3 is 5.63 Å². The fourth-order valence-electron chi connectivity index (χ4n) is 2.41. The van der Waals surface area contributed by atoms with Crippen molar-refractivity contribution in [3.8, 4) is 5.75 Å². The van der Waals surface area contributed by atoms with Gasteiger partial charge in [-0.3, -0.25) is 0 Å². The molecule has 0 saturated heterocycles. The van der Waals surface area contributed by atoms with Gasteiger partial charge in [0, 0.05) is 17.5 Å². The number of hydrogen-bond donors (Lipinski definition) is 3. The molecule has 0 bridgehead atoms. The van der Waals surface area contributed by atoms with Gasteiger partial charge in [-0.2, -0.15) is 0 Å². The van der Waals surface area contributed by atoms with Crippen LogP contribution in [0.4, 0.5) is 0 Å². The van der Waals surface area contributed by atoms with Crippen molar-refractivity contribution < 1.29 is 24.5 Å². The van der Waals surface area contributed by atoms with Gasteiger partial charge in [-0.05, 0) is 38.0 Å². The molecule has 0 aliphatic rings. The molecular weight excluding hydrogens is 300 g/mol. The van der Waals surface area contributed by atoms with E-state index in [0.717, 1.165) is 10.9 Å². The predicted octanol–water partition coefficient (Wildman–Crippen LogP) is 1.36. The second-order valence-corrected chi connectivity index (χ2v) is 5.69. The van der Waals surface area contributed by atoms with Crippen LogP contribution in [-0.4, -0.2) is 39.7 Å². The summed E-state index contributed by atoms with van der Waals surface area (Å²) in [7, 11) is 0. The minimum absolute atomic E-state index is 0.325. The first kappa shape index (κ1) is 17.5.